The molecule has 0 amide bonds. The summed E-state index contributed by atoms with van der Waals surface area (Å²) >= 11 is 3.21. The maximum Gasteiger partial charge on any atom is 0.296 e. The van der Waals surface area contributed by atoms with Gasteiger partial charge in [0.1, 0.15) is 5.69 Å². The predicted octanol–water partition coefficient (Wildman–Crippen LogP) is 2.35. The summed E-state index contributed by atoms with van der Waals surface area (Å²) in [5, 5.41) is 18.9. The van der Waals surface area contributed by atoms with E-state index in [2.05, 4.69) is 26.2 Å². The summed E-state index contributed by atoms with van der Waals surface area (Å²) in [6.07, 6.45) is 2.34. The van der Waals surface area contributed by atoms with Gasteiger partial charge in [-0.25, -0.2) is 4.68 Å². The number of hydrogen-bond donors (Lipinski definition) is 1. The van der Waals surface area contributed by atoms with Gasteiger partial charge in [-0.15, -0.1) is 5.10 Å². The Kier molecular flexibility index (Phi) is 3.91. The molecule has 7 nitrogen and oxygen atoms in total. The maximum atomic E-state index is 11.0. The topological polar surface area (TPSA) is 99.9 Å². The Balaban J connectivity index is 2.47. The summed E-state index contributed by atoms with van der Waals surface area (Å²) in [4.78, 5) is 10.6. The predicted molar refractivity (Wildman–Crippen MR) is 72.9 cm³/mol. The monoisotopic (exact) mass is 325 g/mol. The van der Waals surface area contributed by atoms with Gasteiger partial charge in [0.2, 0.25) is 0 Å². The molecule has 0 saturated carbocycles. The molecule has 0 aliphatic heterocycles. The first kappa shape index (κ1) is 13.6. The van der Waals surface area contributed by atoms with E-state index in [1.807, 2.05) is 6.92 Å². The zero-order chi connectivity index (χ0) is 14.0. The Bertz CT molecular complexity index is 613. The third-order valence-electron chi connectivity index (χ3n) is 2.71. The van der Waals surface area contributed by atoms with Crippen LogP contribution in [-0.4, -0.2) is 19.9 Å². The van der Waals surface area contributed by atoms with Crippen molar-refractivity contribution in [3.05, 3.63) is 44.7 Å². The van der Waals surface area contributed by atoms with Crippen molar-refractivity contribution in [2.45, 2.75) is 19.4 Å². The fraction of sp³-hybridized carbons (Fsp3) is 0.273. The lowest BCUT2D eigenvalue weighted by molar-refractivity contribution is -0.384. The van der Waals surface area contributed by atoms with Crippen LogP contribution in [0.25, 0.3) is 5.69 Å². The van der Waals surface area contributed by atoms with E-state index in [4.69, 9.17) is 5.73 Å². The first-order valence-corrected chi connectivity index (χ1v) is 6.44. The van der Waals surface area contributed by atoms with Gasteiger partial charge in [0.05, 0.1) is 22.9 Å². The summed E-state index contributed by atoms with van der Waals surface area (Å²) in [5.74, 6) is 0. The third-order valence-corrected chi connectivity index (χ3v) is 3.21. The SMILES string of the molecule is CCC(N)c1cn(-c2ccc(Br)cc2[N+](=O)[O-])nn1. The Morgan fingerprint density at radius 3 is 2.95 bits per heavy atom. The Morgan fingerprint density at radius 2 is 2.32 bits per heavy atom. The fourth-order valence-electron chi connectivity index (χ4n) is 1.61. The molecule has 1 unspecified atom stereocenters. The molecular formula is C11H12BrN5O2. The van der Waals surface area contributed by atoms with E-state index in [1.54, 1.807) is 18.3 Å². The molecule has 2 N–H and O–H groups in total. The summed E-state index contributed by atoms with van der Waals surface area (Å²) in [7, 11) is 0. The molecule has 0 aliphatic rings. The van der Waals surface area contributed by atoms with E-state index >= 15 is 0 Å². The average molecular weight is 326 g/mol. The molecule has 0 radical (unpaired) electrons. The van der Waals surface area contributed by atoms with Crippen LogP contribution in [0.5, 0.6) is 0 Å². The molecule has 2 rings (SSSR count). The highest BCUT2D eigenvalue weighted by Gasteiger charge is 2.18. The van der Waals surface area contributed by atoms with Gasteiger partial charge in [-0.1, -0.05) is 28.1 Å². The highest BCUT2D eigenvalue weighted by Crippen LogP contribution is 2.26. The van der Waals surface area contributed by atoms with Gasteiger partial charge >= 0.3 is 0 Å². The number of nitro groups is 1. The molecule has 1 atom stereocenters. The minimum absolute atomic E-state index is 0.0455. The summed E-state index contributed by atoms with van der Waals surface area (Å²) in [6.45, 7) is 1.94. The highest BCUT2D eigenvalue weighted by molar-refractivity contribution is 9.10. The molecule has 100 valence electrons. The summed E-state index contributed by atoms with van der Waals surface area (Å²) in [6, 6.07) is 4.53. The summed E-state index contributed by atoms with van der Waals surface area (Å²) < 4.78 is 2.00. The molecule has 1 aromatic heterocycles. The van der Waals surface area contributed by atoms with Crippen molar-refractivity contribution in [2.24, 2.45) is 5.73 Å². The van der Waals surface area contributed by atoms with Crippen molar-refractivity contribution in [1.82, 2.24) is 15.0 Å². The maximum absolute atomic E-state index is 11.0. The smallest absolute Gasteiger partial charge is 0.296 e. The standard InChI is InChI=1S/C11H12BrN5O2/c1-2-8(13)9-6-16(15-14-9)10-4-3-7(12)5-11(10)17(18)19/h3-6,8H,2,13H2,1H3. The number of halogens is 1. The van der Waals surface area contributed by atoms with Crippen LogP contribution in [0.2, 0.25) is 0 Å². The van der Waals surface area contributed by atoms with Crippen LogP contribution in [0.1, 0.15) is 25.1 Å². The minimum Gasteiger partial charge on any atom is -0.323 e. The summed E-state index contributed by atoms with van der Waals surface area (Å²) in [5.41, 5.74) is 6.77. The molecule has 8 heteroatoms. The second-order valence-electron chi connectivity index (χ2n) is 3.99. The molecule has 0 spiro atoms. The number of nitro benzene ring substituents is 1. The molecular weight excluding hydrogens is 314 g/mol. The van der Waals surface area contributed by atoms with Crippen molar-refractivity contribution in [2.75, 3.05) is 0 Å². The van der Waals surface area contributed by atoms with Crippen LogP contribution in [0.3, 0.4) is 0 Å². The van der Waals surface area contributed by atoms with E-state index < -0.39 is 4.92 Å². The van der Waals surface area contributed by atoms with Gasteiger partial charge < -0.3 is 5.73 Å². The number of nitrogens with zero attached hydrogens (tertiary/aromatic N) is 4. The average Bonchev–Trinajstić information content (AvgIpc) is 2.87. The second kappa shape index (κ2) is 5.45. The van der Waals surface area contributed by atoms with E-state index in [1.165, 1.54) is 10.7 Å². The van der Waals surface area contributed by atoms with Gasteiger partial charge in [0.15, 0.2) is 0 Å². The van der Waals surface area contributed by atoms with Gasteiger partial charge in [-0.05, 0) is 18.6 Å². The number of rotatable bonds is 4. The number of benzene rings is 1. The second-order valence-corrected chi connectivity index (χ2v) is 4.91. The molecule has 0 bridgehead atoms. The zero-order valence-corrected chi connectivity index (χ0v) is 11.7. The van der Waals surface area contributed by atoms with Crippen molar-refractivity contribution in [1.29, 1.82) is 0 Å². The van der Waals surface area contributed by atoms with Gasteiger partial charge in [-0.2, -0.15) is 0 Å². The number of aromatic nitrogens is 3. The lowest BCUT2D eigenvalue weighted by Gasteiger charge is -2.03. The number of hydrogen-bond acceptors (Lipinski definition) is 5. The van der Waals surface area contributed by atoms with Crippen molar-refractivity contribution < 1.29 is 4.92 Å². The molecule has 1 aromatic carbocycles. The van der Waals surface area contributed by atoms with E-state index in [-0.39, 0.29) is 11.7 Å². The van der Waals surface area contributed by atoms with Crippen LogP contribution in [0.15, 0.2) is 28.9 Å². The molecule has 0 fully saturated rings. The van der Waals surface area contributed by atoms with Crippen LogP contribution in [-0.2, 0) is 0 Å². The molecule has 19 heavy (non-hydrogen) atoms. The lowest BCUT2D eigenvalue weighted by Crippen LogP contribution is -2.08. The minimum atomic E-state index is -0.457. The lowest BCUT2D eigenvalue weighted by atomic mass is 10.2. The first-order valence-electron chi connectivity index (χ1n) is 5.65. The third kappa shape index (κ3) is 2.79. The Hall–Kier alpha value is -1.80. The van der Waals surface area contributed by atoms with E-state index in [9.17, 15) is 10.1 Å². The van der Waals surface area contributed by atoms with E-state index in [0.29, 0.717) is 15.9 Å². The van der Waals surface area contributed by atoms with Crippen LogP contribution < -0.4 is 5.73 Å². The molecule has 1 heterocycles. The van der Waals surface area contributed by atoms with Crippen LogP contribution >= 0.6 is 15.9 Å². The number of nitrogens with two attached hydrogens (primary N) is 1. The van der Waals surface area contributed by atoms with Crippen LogP contribution in [0, 0.1) is 10.1 Å². The normalized spacial score (nSPS) is 12.4. The quantitative estimate of drug-likeness (QED) is 0.686. The van der Waals surface area contributed by atoms with Gasteiger partial charge in [-0.3, -0.25) is 10.1 Å². The molecule has 2 aromatic rings. The largest absolute Gasteiger partial charge is 0.323 e. The van der Waals surface area contributed by atoms with Gasteiger partial charge in [0.25, 0.3) is 5.69 Å². The van der Waals surface area contributed by atoms with Crippen molar-refractivity contribution >= 4 is 21.6 Å². The molecule has 0 aliphatic carbocycles. The van der Waals surface area contributed by atoms with Crippen molar-refractivity contribution in [3.8, 4) is 5.69 Å². The Labute approximate surface area is 117 Å². The zero-order valence-electron chi connectivity index (χ0n) is 10.2. The fourth-order valence-corrected chi connectivity index (χ4v) is 1.96. The Morgan fingerprint density at radius 1 is 1.58 bits per heavy atom. The van der Waals surface area contributed by atoms with Crippen molar-refractivity contribution in [3.63, 3.8) is 0 Å². The van der Waals surface area contributed by atoms with Crippen LogP contribution in [0.4, 0.5) is 5.69 Å². The van der Waals surface area contributed by atoms with Gasteiger partial charge in [0, 0.05) is 10.5 Å². The molecule has 0 saturated heterocycles. The first-order chi connectivity index (χ1) is 9.02. The highest BCUT2D eigenvalue weighted by atomic mass is 79.9. The van der Waals surface area contributed by atoms with E-state index in [0.717, 1.165) is 6.42 Å².